The molecule has 4 rings (SSSR count). The lowest BCUT2D eigenvalue weighted by atomic mass is 9.87. The number of benzene rings is 2. The van der Waals surface area contributed by atoms with E-state index in [0.29, 0.717) is 5.52 Å². The number of nitrogens with zero attached hydrogens (tertiary/aromatic N) is 2. The Hall–Kier alpha value is -2.88. The maximum atomic E-state index is 12.7. The summed E-state index contributed by atoms with van der Waals surface area (Å²) in [4.78, 5) is 17.1. The largest absolute Gasteiger partial charge is 0.297 e. The van der Waals surface area contributed by atoms with Crippen molar-refractivity contribution in [2.24, 2.45) is 0 Å². The number of aromatic nitrogens is 3. The number of H-pyrrole nitrogens is 1. The monoisotopic (exact) mass is 317 g/mol. The van der Waals surface area contributed by atoms with Crippen LogP contribution >= 0.6 is 0 Å². The van der Waals surface area contributed by atoms with Crippen LogP contribution in [-0.4, -0.2) is 14.8 Å². The van der Waals surface area contributed by atoms with E-state index in [1.807, 2.05) is 36.4 Å². The first-order chi connectivity index (χ1) is 11.4. The Kier molecular flexibility index (Phi) is 3.10. The fraction of sp³-hybridized carbons (Fsp3) is 0.200. The molecule has 0 atom stereocenters. The molecule has 2 heterocycles. The minimum atomic E-state index is -0.126. The molecular formula is C20H19N3O. The van der Waals surface area contributed by atoms with Crippen molar-refractivity contribution in [3.63, 3.8) is 0 Å². The van der Waals surface area contributed by atoms with Crippen LogP contribution in [-0.2, 0) is 5.41 Å². The molecule has 0 fully saturated rings. The smallest absolute Gasteiger partial charge is 0.288 e. The Balaban J connectivity index is 1.93. The molecule has 0 spiro atoms. The molecule has 4 aromatic rings. The van der Waals surface area contributed by atoms with E-state index < -0.39 is 0 Å². The van der Waals surface area contributed by atoms with Gasteiger partial charge in [-0.2, -0.15) is 0 Å². The quantitative estimate of drug-likeness (QED) is 0.573. The summed E-state index contributed by atoms with van der Waals surface area (Å²) in [5, 5.41) is 5.24. The van der Waals surface area contributed by atoms with Gasteiger partial charge in [0, 0.05) is 17.0 Å². The van der Waals surface area contributed by atoms with Crippen LogP contribution < -0.4 is 5.56 Å². The summed E-state index contributed by atoms with van der Waals surface area (Å²) in [6.07, 6.45) is 1.75. The highest BCUT2D eigenvalue weighted by atomic mass is 16.1. The average Bonchev–Trinajstić information content (AvgIpc) is 2.92. The van der Waals surface area contributed by atoms with E-state index in [0.717, 1.165) is 22.0 Å². The normalized spacial score (nSPS) is 12.1. The Bertz CT molecular complexity index is 1100. The summed E-state index contributed by atoms with van der Waals surface area (Å²) in [6.45, 7) is 6.52. The highest BCUT2D eigenvalue weighted by Gasteiger charge is 2.15. The standard InChI is InChI=1S/C20H19N3O/c1-20(2,3)14-8-10-15(11-9-14)23-19(24)18-17(22-23)16-7-5-4-6-13(16)12-21-18/h4-12,22H,1-3H3. The third-order valence-electron chi connectivity index (χ3n) is 4.42. The third-order valence-corrected chi connectivity index (χ3v) is 4.42. The number of hydrogen-bond donors (Lipinski definition) is 1. The zero-order valence-corrected chi connectivity index (χ0v) is 14.0. The molecule has 0 saturated carbocycles. The predicted molar refractivity (Wildman–Crippen MR) is 97.9 cm³/mol. The lowest BCUT2D eigenvalue weighted by Gasteiger charge is -2.19. The minimum Gasteiger partial charge on any atom is -0.288 e. The predicted octanol–water partition coefficient (Wildman–Crippen LogP) is 4.16. The van der Waals surface area contributed by atoms with Crippen LogP contribution in [0.1, 0.15) is 26.3 Å². The van der Waals surface area contributed by atoms with Gasteiger partial charge in [-0.15, -0.1) is 0 Å². The molecule has 0 saturated heterocycles. The minimum absolute atomic E-state index is 0.0850. The van der Waals surface area contributed by atoms with Gasteiger partial charge in [0.15, 0.2) is 5.52 Å². The van der Waals surface area contributed by atoms with Crippen LogP contribution in [0.15, 0.2) is 59.5 Å². The van der Waals surface area contributed by atoms with E-state index in [9.17, 15) is 4.79 Å². The molecule has 4 heteroatoms. The number of hydrogen-bond acceptors (Lipinski definition) is 2. The van der Waals surface area contributed by atoms with Crippen molar-refractivity contribution in [3.8, 4) is 5.69 Å². The highest BCUT2D eigenvalue weighted by molar-refractivity contribution is 6.02. The molecule has 0 bridgehead atoms. The van der Waals surface area contributed by atoms with E-state index in [4.69, 9.17) is 0 Å². The van der Waals surface area contributed by atoms with Crippen LogP contribution in [0.2, 0.25) is 0 Å². The summed E-state index contributed by atoms with van der Waals surface area (Å²) in [6, 6.07) is 16.0. The molecule has 1 N–H and O–H groups in total. The Morgan fingerprint density at radius 1 is 1.00 bits per heavy atom. The highest BCUT2D eigenvalue weighted by Crippen LogP contribution is 2.24. The number of rotatable bonds is 1. The van der Waals surface area contributed by atoms with Gasteiger partial charge < -0.3 is 0 Å². The molecule has 120 valence electrons. The second-order valence-electron chi connectivity index (χ2n) is 7.12. The van der Waals surface area contributed by atoms with E-state index >= 15 is 0 Å². The average molecular weight is 317 g/mol. The first kappa shape index (κ1) is 14.7. The van der Waals surface area contributed by atoms with Gasteiger partial charge in [-0.1, -0.05) is 57.2 Å². The lowest BCUT2D eigenvalue weighted by Crippen LogP contribution is -2.16. The maximum Gasteiger partial charge on any atom is 0.297 e. The number of aromatic amines is 1. The molecule has 0 amide bonds. The van der Waals surface area contributed by atoms with Gasteiger partial charge in [-0.3, -0.25) is 9.89 Å². The lowest BCUT2D eigenvalue weighted by molar-refractivity contribution is 0.590. The topological polar surface area (TPSA) is 50.7 Å². The van der Waals surface area contributed by atoms with Crippen molar-refractivity contribution in [1.29, 1.82) is 0 Å². The number of fused-ring (bicyclic) bond motifs is 3. The summed E-state index contributed by atoms with van der Waals surface area (Å²) in [5.74, 6) is 0. The van der Waals surface area contributed by atoms with E-state index in [1.165, 1.54) is 5.56 Å². The summed E-state index contributed by atoms with van der Waals surface area (Å²) < 4.78 is 1.57. The van der Waals surface area contributed by atoms with Crippen molar-refractivity contribution in [1.82, 2.24) is 14.8 Å². The van der Waals surface area contributed by atoms with Gasteiger partial charge in [0.05, 0.1) is 11.2 Å². The molecular weight excluding hydrogens is 298 g/mol. The van der Waals surface area contributed by atoms with Crippen molar-refractivity contribution in [2.45, 2.75) is 26.2 Å². The summed E-state index contributed by atoms with van der Waals surface area (Å²) in [7, 11) is 0. The number of pyridine rings is 1. The third kappa shape index (κ3) is 2.22. The van der Waals surface area contributed by atoms with Crippen molar-refractivity contribution < 1.29 is 0 Å². The SMILES string of the molecule is CC(C)(C)c1ccc(-n2[nH]c3c(ncc4ccccc43)c2=O)cc1. The second kappa shape index (κ2) is 5.06. The zero-order chi connectivity index (χ0) is 16.9. The maximum absolute atomic E-state index is 12.7. The van der Waals surface area contributed by atoms with Gasteiger partial charge in [0.25, 0.3) is 5.56 Å². The zero-order valence-electron chi connectivity index (χ0n) is 14.0. The molecule has 0 radical (unpaired) electrons. The van der Waals surface area contributed by atoms with Crippen LogP contribution in [0.5, 0.6) is 0 Å². The van der Waals surface area contributed by atoms with E-state index in [1.54, 1.807) is 10.9 Å². The van der Waals surface area contributed by atoms with Crippen LogP contribution in [0.25, 0.3) is 27.5 Å². The van der Waals surface area contributed by atoms with Gasteiger partial charge >= 0.3 is 0 Å². The van der Waals surface area contributed by atoms with Crippen molar-refractivity contribution in [2.75, 3.05) is 0 Å². The molecule has 4 nitrogen and oxygen atoms in total. The van der Waals surface area contributed by atoms with Gasteiger partial charge in [0.1, 0.15) is 0 Å². The molecule has 2 aromatic heterocycles. The molecule has 0 aliphatic carbocycles. The van der Waals surface area contributed by atoms with Crippen LogP contribution in [0, 0.1) is 0 Å². The number of nitrogens with one attached hydrogen (secondary N) is 1. The fourth-order valence-electron chi connectivity index (χ4n) is 3.00. The second-order valence-corrected chi connectivity index (χ2v) is 7.12. The van der Waals surface area contributed by atoms with Crippen molar-refractivity contribution in [3.05, 3.63) is 70.6 Å². The molecule has 24 heavy (non-hydrogen) atoms. The fourth-order valence-corrected chi connectivity index (χ4v) is 3.00. The molecule has 2 aromatic carbocycles. The van der Waals surface area contributed by atoms with E-state index in [2.05, 4.69) is 43.0 Å². The van der Waals surface area contributed by atoms with Crippen LogP contribution in [0.3, 0.4) is 0 Å². The van der Waals surface area contributed by atoms with Gasteiger partial charge in [-0.25, -0.2) is 9.67 Å². The van der Waals surface area contributed by atoms with E-state index in [-0.39, 0.29) is 11.0 Å². The summed E-state index contributed by atoms with van der Waals surface area (Å²) in [5.41, 5.74) is 3.25. The Morgan fingerprint density at radius 2 is 1.71 bits per heavy atom. The molecule has 0 aliphatic heterocycles. The summed E-state index contributed by atoms with van der Waals surface area (Å²) >= 11 is 0. The Morgan fingerprint density at radius 3 is 2.42 bits per heavy atom. The molecule has 0 unspecified atom stereocenters. The Labute approximate surface area is 139 Å². The van der Waals surface area contributed by atoms with Gasteiger partial charge in [0.2, 0.25) is 0 Å². The molecule has 0 aliphatic rings. The first-order valence-electron chi connectivity index (χ1n) is 8.04. The first-order valence-corrected chi connectivity index (χ1v) is 8.04. The van der Waals surface area contributed by atoms with Crippen molar-refractivity contribution >= 4 is 21.8 Å². The van der Waals surface area contributed by atoms with Crippen LogP contribution in [0.4, 0.5) is 0 Å². The van der Waals surface area contributed by atoms with Gasteiger partial charge in [-0.05, 0) is 23.1 Å².